The maximum absolute atomic E-state index is 12.8. The van der Waals surface area contributed by atoms with Crippen molar-refractivity contribution in [2.24, 2.45) is 0 Å². The normalized spacial score (nSPS) is 22.2. The molecule has 0 saturated carbocycles. The van der Waals surface area contributed by atoms with Crippen molar-refractivity contribution in [1.82, 2.24) is 24.7 Å². The lowest BCUT2D eigenvalue weighted by molar-refractivity contribution is -0.132. The number of H-pyrrole nitrogens is 1. The van der Waals surface area contributed by atoms with Gasteiger partial charge in [0.25, 0.3) is 0 Å². The third-order valence-electron chi connectivity index (χ3n) is 5.97. The predicted molar refractivity (Wildman–Crippen MR) is 109 cm³/mol. The number of piperazine rings is 1. The fourth-order valence-electron chi connectivity index (χ4n) is 4.22. The number of aromatic amines is 1. The van der Waals surface area contributed by atoms with Crippen LogP contribution in [0.2, 0.25) is 0 Å². The molecule has 0 aromatic carbocycles. The average Bonchev–Trinajstić information content (AvgIpc) is 3.12. The Morgan fingerprint density at radius 3 is 2.89 bits per heavy atom. The van der Waals surface area contributed by atoms with Crippen LogP contribution in [-0.2, 0) is 16.0 Å². The summed E-state index contributed by atoms with van der Waals surface area (Å²) in [5.74, 6) is 0.198. The van der Waals surface area contributed by atoms with Gasteiger partial charge in [-0.3, -0.25) is 14.6 Å². The first-order valence-corrected chi connectivity index (χ1v) is 10.4. The Hall–Kier alpha value is -1.96. The smallest absolute Gasteiger partial charge is 0.227 e. The number of pyridine rings is 1. The summed E-state index contributed by atoms with van der Waals surface area (Å²) in [6.45, 7) is 11.7. The van der Waals surface area contributed by atoms with E-state index >= 15 is 0 Å². The maximum Gasteiger partial charge on any atom is 0.227 e. The molecule has 1 atom stereocenters. The fraction of sp³-hybridized carbons (Fsp3) is 0.619. The number of carbonyl (C=O) groups is 1. The second-order valence-electron chi connectivity index (χ2n) is 8.15. The summed E-state index contributed by atoms with van der Waals surface area (Å²) in [7, 11) is 0. The highest BCUT2D eigenvalue weighted by Crippen LogP contribution is 2.18. The minimum absolute atomic E-state index is 0.198. The van der Waals surface area contributed by atoms with Crippen LogP contribution in [0.1, 0.15) is 19.4 Å². The van der Waals surface area contributed by atoms with Gasteiger partial charge in [0.2, 0.25) is 5.91 Å². The Morgan fingerprint density at radius 2 is 2.11 bits per heavy atom. The number of carbonyl (C=O) groups excluding carboxylic acids is 1. The number of hydrogen-bond acceptors (Lipinski definition) is 5. The Morgan fingerprint density at radius 1 is 1.29 bits per heavy atom. The quantitative estimate of drug-likeness (QED) is 0.842. The minimum Gasteiger partial charge on any atom is -0.374 e. The van der Waals surface area contributed by atoms with Crippen molar-refractivity contribution in [3.8, 4) is 0 Å². The molecule has 28 heavy (non-hydrogen) atoms. The Labute approximate surface area is 166 Å². The molecule has 0 radical (unpaired) electrons. The maximum atomic E-state index is 12.8. The van der Waals surface area contributed by atoms with E-state index in [0.29, 0.717) is 12.5 Å². The van der Waals surface area contributed by atoms with E-state index in [9.17, 15) is 4.79 Å². The molecule has 2 aliphatic rings. The van der Waals surface area contributed by atoms with E-state index in [4.69, 9.17) is 4.74 Å². The third kappa shape index (κ3) is 4.37. The van der Waals surface area contributed by atoms with Gasteiger partial charge in [0.1, 0.15) is 5.65 Å². The zero-order chi connectivity index (χ0) is 19.5. The molecular weight excluding hydrogens is 354 g/mol. The topological polar surface area (TPSA) is 64.7 Å². The van der Waals surface area contributed by atoms with E-state index in [0.717, 1.165) is 69.0 Å². The first-order chi connectivity index (χ1) is 13.6. The zero-order valence-electron chi connectivity index (χ0n) is 16.9. The van der Waals surface area contributed by atoms with Crippen molar-refractivity contribution in [2.75, 3.05) is 52.4 Å². The number of amides is 1. The molecule has 2 aliphatic heterocycles. The van der Waals surface area contributed by atoms with Crippen molar-refractivity contribution in [3.05, 3.63) is 30.1 Å². The summed E-state index contributed by atoms with van der Waals surface area (Å²) in [6, 6.07) is 4.50. The molecule has 2 fully saturated rings. The van der Waals surface area contributed by atoms with Crippen LogP contribution in [0.5, 0.6) is 0 Å². The van der Waals surface area contributed by atoms with Crippen LogP contribution in [0.15, 0.2) is 24.5 Å². The minimum atomic E-state index is 0.198. The van der Waals surface area contributed by atoms with Crippen LogP contribution < -0.4 is 0 Å². The molecule has 1 unspecified atom stereocenters. The van der Waals surface area contributed by atoms with Gasteiger partial charge in [-0.1, -0.05) is 0 Å². The molecule has 1 N–H and O–H groups in total. The Bertz CT molecular complexity index is 797. The van der Waals surface area contributed by atoms with Crippen LogP contribution in [0.4, 0.5) is 0 Å². The highest BCUT2D eigenvalue weighted by atomic mass is 16.5. The van der Waals surface area contributed by atoms with Gasteiger partial charge in [0, 0.05) is 69.6 Å². The fourth-order valence-corrected chi connectivity index (χ4v) is 4.22. The van der Waals surface area contributed by atoms with Gasteiger partial charge in [-0.15, -0.1) is 0 Å². The van der Waals surface area contributed by atoms with Crippen molar-refractivity contribution in [3.63, 3.8) is 0 Å². The predicted octanol–water partition coefficient (Wildman–Crippen LogP) is 1.36. The first-order valence-electron chi connectivity index (χ1n) is 10.4. The Balaban J connectivity index is 1.26. The van der Waals surface area contributed by atoms with E-state index in [-0.39, 0.29) is 12.0 Å². The summed E-state index contributed by atoms with van der Waals surface area (Å²) in [6.07, 6.45) is 4.38. The number of nitrogens with zero attached hydrogens (tertiary/aromatic N) is 4. The van der Waals surface area contributed by atoms with Crippen LogP contribution >= 0.6 is 0 Å². The highest BCUT2D eigenvalue weighted by molar-refractivity contribution is 5.87. The highest BCUT2D eigenvalue weighted by Gasteiger charge is 2.27. The number of morpholine rings is 1. The van der Waals surface area contributed by atoms with Gasteiger partial charge >= 0.3 is 0 Å². The standard InChI is InChI=1S/C21H31N5O2/c1-16(2)26-10-11-28-18(15-26)14-24-6-8-25(9-7-24)20(27)12-17-13-23-21-19(17)4-3-5-22-21/h3-5,13,16,18H,6-12,14-15H2,1-2H3,(H,22,23). The monoisotopic (exact) mass is 385 g/mol. The lowest BCUT2D eigenvalue weighted by Gasteiger charge is -2.40. The molecule has 2 aromatic rings. The van der Waals surface area contributed by atoms with E-state index < -0.39 is 0 Å². The molecule has 4 rings (SSSR count). The molecule has 0 aliphatic carbocycles. The molecule has 1 amide bonds. The molecule has 7 nitrogen and oxygen atoms in total. The SMILES string of the molecule is CC(C)N1CCOC(CN2CCN(C(=O)Cc3c[nH]c4ncccc34)CC2)C1. The second kappa shape index (κ2) is 8.59. The number of nitrogens with one attached hydrogen (secondary N) is 1. The van der Waals surface area contributed by atoms with E-state index in [1.165, 1.54) is 0 Å². The number of hydrogen-bond donors (Lipinski definition) is 1. The Kier molecular flexibility index (Phi) is 5.94. The molecule has 0 spiro atoms. The van der Waals surface area contributed by atoms with E-state index in [2.05, 4.69) is 33.6 Å². The summed E-state index contributed by atoms with van der Waals surface area (Å²) in [5.41, 5.74) is 1.87. The third-order valence-corrected chi connectivity index (χ3v) is 5.97. The first kappa shape index (κ1) is 19.4. The van der Waals surface area contributed by atoms with Gasteiger partial charge in [-0.25, -0.2) is 4.98 Å². The summed E-state index contributed by atoms with van der Waals surface area (Å²) >= 11 is 0. The lowest BCUT2D eigenvalue weighted by atomic mass is 10.1. The van der Waals surface area contributed by atoms with Crippen molar-refractivity contribution in [1.29, 1.82) is 0 Å². The molecule has 0 bridgehead atoms. The van der Waals surface area contributed by atoms with Crippen LogP contribution in [0, 0.1) is 0 Å². The number of rotatable bonds is 5. The number of ether oxygens (including phenoxy) is 1. The van der Waals surface area contributed by atoms with E-state index in [1.54, 1.807) is 6.20 Å². The second-order valence-corrected chi connectivity index (χ2v) is 8.15. The average molecular weight is 386 g/mol. The molecular formula is C21H31N5O2. The van der Waals surface area contributed by atoms with Crippen molar-refractivity contribution < 1.29 is 9.53 Å². The van der Waals surface area contributed by atoms with Crippen LogP contribution in [-0.4, -0.2) is 95.1 Å². The van der Waals surface area contributed by atoms with Crippen LogP contribution in [0.3, 0.4) is 0 Å². The van der Waals surface area contributed by atoms with Gasteiger partial charge in [0.05, 0.1) is 19.1 Å². The van der Waals surface area contributed by atoms with Crippen molar-refractivity contribution in [2.45, 2.75) is 32.4 Å². The molecule has 2 aromatic heterocycles. The summed E-state index contributed by atoms with van der Waals surface area (Å²) < 4.78 is 5.97. The zero-order valence-corrected chi connectivity index (χ0v) is 16.9. The van der Waals surface area contributed by atoms with Gasteiger partial charge in [-0.05, 0) is 31.5 Å². The largest absolute Gasteiger partial charge is 0.374 e. The summed E-state index contributed by atoms with van der Waals surface area (Å²) in [5, 5.41) is 1.04. The van der Waals surface area contributed by atoms with Crippen molar-refractivity contribution >= 4 is 16.9 Å². The molecule has 4 heterocycles. The molecule has 2 saturated heterocycles. The lowest BCUT2D eigenvalue weighted by Crippen LogP contribution is -2.54. The number of fused-ring (bicyclic) bond motifs is 1. The van der Waals surface area contributed by atoms with Crippen LogP contribution in [0.25, 0.3) is 11.0 Å². The summed E-state index contributed by atoms with van der Waals surface area (Å²) in [4.78, 5) is 27.1. The molecule has 7 heteroatoms. The van der Waals surface area contributed by atoms with Gasteiger partial charge in [0.15, 0.2) is 0 Å². The molecule has 152 valence electrons. The number of aromatic nitrogens is 2. The van der Waals surface area contributed by atoms with Gasteiger partial charge < -0.3 is 14.6 Å². The van der Waals surface area contributed by atoms with E-state index in [1.807, 2.05) is 23.2 Å². The van der Waals surface area contributed by atoms with Gasteiger partial charge in [-0.2, -0.15) is 0 Å².